The van der Waals surface area contributed by atoms with Crippen LogP contribution in [0.15, 0.2) is 84.9 Å². The third-order valence-corrected chi connectivity index (χ3v) is 3.76. The Morgan fingerprint density at radius 2 is 0.833 bits per heavy atom. The highest BCUT2D eigenvalue weighted by atomic mass is 15.3. The standard InChI is InChI=1S/C20H14N4/c1-3-9-15(10-4-1)17-13-7-8-14-18(17)20-23-21-19(22-24-20)16-11-5-2-6-12-16/h1-14H. The first kappa shape index (κ1) is 14.2. The zero-order chi connectivity index (χ0) is 16.2. The van der Waals surface area contributed by atoms with E-state index < -0.39 is 0 Å². The van der Waals surface area contributed by atoms with Crippen LogP contribution in [0.1, 0.15) is 0 Å². The maximum atomic E-state index is 4.29. The van der Waals surface area contributed by atoms with E-state index in [0.717, 1.165) is 22.3 Å². The SMILES string of the molecule is c1ccc(-c2nnc(-c3ccccc3-c3ccccc3)nn2)cc1. The van der Waals surface area contributed by atoms with Crippen molar-refractivity contribution in [1.82, 2.24) is 20.4 Å². The largest absolute Gasteiger partial charge is 0.204 e. The summed E-state index contributed by atoms with van der Waals surface area (Å²) in [7, 11) is 0. The topological polar surface area (TPSA) is 51.6 Å². The van der Waals surface area contributed by atoms with E-state index in [-0.39, 0.29) is 0 Å². The predicted octanol–water partition coefficient (Wildman–Crippen LogP) is 4.27. The van der Waals surface area contributed by atoms with E-state index >= 15 is 0 Å². The van der Waals surface area contributed by atoms with Crippen molar-refractivity contribution >= 4 is 0 Å². The summed E-state index contributed by atoms with van der Waals surface area (Å²) in [6.45, 7) is 0. The second-order valence-corrected chi connectivity index (χ2v) is 5.32. The van der Waals surface area contributed by atoms with Gasteiger partial charge in [-0.1, -0.05) is 84.9 Å². The van der Waals surface area contributed by atoms with Crippen molar-refractivity contribution in [3.8, 4) is 33.9 Å². The van der Waals surface area contributed by atoms with Gasteiger partial charge in [-0.05, 0) is 11.1 Å². The molecule has 0 atom stereocenters. The zero-order valence-corrected chi connectivity index (χ0v) is 12.9. The van der Waals surface area contributed by atoms with Crippen molar-refractivity contribution in [2.75, 3.05) is 0 Å². The first-order valence-corrected chi connectivity index (χ1v) is 7.69. The van der Waals surface area contributed by atoms with Gasteiger partial charge in [0.1, 0.15) is 0 Å². The van der Waals surface area contributed by atoms with E-state index in [1.54, 1.807) is 0 Å². The molecule has 4 heteroatoms. The Kier molecular flexibility index (Phi) is 3.78. The second kappa shape index (κ2) is 6.38. The molecule has 0 fully saturated rings. The quantitative estimate of drug-likeness (QED) is 0.567. The van der Waals surface area contributed by atoms with Gasteiger partial charge in [-0.3, -0.25) is 0 Å². The fourth-order valence-corrected chi connectivity index (χ4v) is 2.59. The first-order valence-electron chi connectivity index (χ1n) is 7.69. The Morgan fingerprint density at radius 3 is 1.46 bits per heavy atom. The third-order valence-electron chi connectivity index (χ3n) is 3.76. The molecule has 0 radical (unpaired) electrons. The van der Waals surface area contributed by atoms with E-state index in [0.29, 0.717) is 11.6 Å². The normalized spacial score (nSPS) is 10.5. The Morgan fingerprint density at radius 1 is 0.375 bits per heavy atom. The monoisotopic (exact) mass is 310 g/mol. The molecule has 0 amide bonds. The molecule has 1 aromatic heterocycles. The highest BCUT2D eigenvalue weighted by Crippen LogP contribution is 2.29. The van der Waals surface area contributed by atoms with Crippen LogP contribution in [0.3, 0.4) is 0 Å². The lowest BCUT2D eigenvalue weighted by atomic mass is 9.99. The fourth-order valence-electron chi connectivity index (χ4n) is 2.59. The minimum absolute atomic E-state index is 0.522. The summed E-state index contributed by atoms with van der Waals surface area (Å²) in [6, 6.07) is 27.9. The van der Waals surface area contributed by atoms with E-state index in [4.69, 9.17) is 0 Å². The summed E-state index contributed by atoms with van der Waals surface area (Å²) in [5.41, 5.74) is 4.00. The number of nitrogens with zero attached hydrogens (tertiary/aromatic N) is 4. The highest BCUT2D eigenvalue weighted by Gasteiger charge is 2.11. The van der Waals surface area contributed by atoms with Crippen molar-refractivity contribution in [1.29, 1.82) is 0 Å². The van der Waals surface area contributed by atoms with Crippen LogP contribution in [0.4, 0.5) is 0 Å². The van der Waals surface area contributed by atoms with Gasteiger partial charge in [0, 0.05) is 11.1 Å². The van der Waals surface area contributed by atoms with Crippen molar-refractivity contribution in [2.45, 2.75) is 0 Å². The molecule has 3 aromatic carbocycles. The number of benzene rings is 3. The minimum atomic E-state index is 0.522. The molecule has 114 valence electrons. The summed E-state index contributed by atoms with van der Waals surface area (Å²) in [6.07, 6.45) is 0. The lowest BCUT2D eigenvalue weighted by Crippen LogP contribution is -2.00. The van der Waals surface area contributed by atoms with Crippen molar-refractivity contribution < 1.29 is 0 Å². The third kappa shape index (κ3) is 2.77. The lowest BCUT2D eigenvalue weighted by molar-refractivity contribution is 0.876. The Labute approximate surface area is 139 Å². The van der Waals surface area contributed by atoms with Gasteiger partial charge < -0.3 is 0 Å². The Hall–Kier alpha value is -3.40. The average Bonchev–Trinajstić information content (AvgIpc) is 2.69. The molecule has 0 bridgehead atoms. The van der Waals surface area contributed by atoms with Crippen molar-refractivity contribution in [3.63, 3.8) is 0 Å². The molecular weight excluding hydrogens is 296 g/mol. The number of aromatic nitrogens is 4. The maximum absolute atomic E-state index is 4.29. The molecule has 0 unspecified atom stereocenters. The van der Waals surface area contributed by atoms with E-state index in [1.165, 1.54) is 0 Å². The van der Waals surface area contributed by atoms with E-state index in [9.17, 15) is 0 Å². The molecule has 0 aliphatic heterocycles. The van der Waals surface area contributed by atoms with Crippen LogP contribution in [0.2, 0.25) is 0 Å². The maximum Gasteiger partial charge on any atom is 0.204 e. The Bertz CT molecular complexity index is 936. The summed E-state index contributed by atoms with van der Waals surface area (Å²) >= 11 is 0. The van der Waals surface area contributed by atoms with Gasteiger partial charge >= 0.3 is 0 Å². The van der Waals surface area contributed by atoms with Gasteiger partial charge in [0.05, 0.1) is 0 Å². The van der Waals surface area contributed by atoms with Crippen LogP contribution in [-0.4, -0.2) is 20.4 Å². The predicted molar refractivity (Wildman–Crippen MR) is 93.9 cm³/mol. The molecule has 4 aromatic rings. The highest BCUT2D eigenvalue weighted by molar-refractivity contribution is 5.80. The van der Waals surface area contributed by atoms with Crippen LogP contribution in [0, 0.1) is 0 Å². The summed E-state index contributed by atoms with van der Waals surface area (Å²) < 4.78 is 0. The van der Waals surface area contributed by atoms with Gasteiger partial charge in [0.25, 0.3) is 0 Å². The molecule has 0 spiro atoms. The molecule has 0 aliphatic rings. The van der Waals surface area contributed by atoms with Gasteiger partial charge in [-0.2, -0.15) is 0 Å². The first-order chi connectivity index (χ1) is 11.9. The van der Waals surface area contributed by atoms with Gasteiger partial charge in [-0.15, -0.1) is 20.4 Å². The molecule has 4 nitrogen and oxygen atoms in total. The summed E-state index contributed by atoms with van der Waals surface area (Å²) in [4.78, 5) is 0. The number of hydrogen-bond donors (Lipinski definition) is 0. The van der Waals surface area contributed by atoms with Crippen LogP contribution < -0.4 is 0 Å². The van der Waals surface area contributed by atoms with Crippen LogP contribution in [-0.2, 0) is 0 Å². The summed E-state index contributed by atoms with van der Waals surface area (Å²) in [5, 5.41) is 17.0. The van der Waals surface area contributed by atoms with Crippen molar-refractivity contribution in [2.24, 2.45) is 0 Å². The Balaban J connectivity index is 1.75. The van der Waals surface area contributed by atoms with Crippen LogP contribution >= 0.6 is 0 Å². The molecule has 24 heavy (non-hydrogen) atoms. The van der Waals surface area contributed by atoms with Gasteiger partial charge in [-0.25, -0.2) is 0 Å². The molecule has 0 saturated carbocycles. The van der Waals surface area contributed by atoms with Crippen molar-refractivity contribution in [3.05, 3.63) is 84.9 Å². The fraction of sp³-hybridized carbons (Fsp3) is 0. The molecule has 4 rings (SSSR count). The zero-order valence-electron chi connectivity index (χ0n) is 12.9. The number of hydrogen-bond acceptors (Lipinski definition) is 4. The molecular formula is C20H14N4. The van der Waals surface area contributed by atoms with E-state index in [2.05, 4.69) is 38.6 Å². The average molecular weight is 310 g/mol. The summed E-state index contributed by atoms with van der Waals surface area (Å²) in [5.74, 6) is 1.05. The minimum Gasteiger partial charge on any atom is -0.126 e. The molecule has 0 N–H and O–H groups in total. The van der Waals surface area contributed by atoms with Crippen LogP contribution in [0.5, 0.6) is 0 Å². The smallest absolute Gasteiger partial charge is 0.126 e. The molecule has 0 saturated heterocycles. The number of rotatable bonds is 3. The van der Waals surface area contributed by atoms with Gasteiger partial charge in [0.15, 0.2) is 0 Å². The lowest BCUT2D eigenvalue weighted by Gasteiger charge is -2.08. The molecule has 0 aliphatic carbocycles. The van der Waals surface area contributed by atoms with Gasteiger partial charge in [0.2, 0.25) is 11.6 Å². The molecule has 1 heterocycles. The second-order valence-electron chi connectivity index (χ2n) is 5.32. The van der Waals surface area contributed by atoms with E-state index in [1.807, 2.05) is 66.7 Å². The van der Waals surface area contributed by atoms with Crippen LogP contribution in [0.25, 0.3) is 33.9 Å².